The van der Waals surface area contributed by atoms with Crippen LogP contribution in [0.3, 0.4) is 0 Å². The summed E-state index contributed by atoms with van der Waals surface area (Å²) in [6.07, 6.45) is 3.06. The van der Waals surface area contributed by atoms with Crippen LogP contribution in [0.5, 0.6) is 0 Å². The Morgan fingerprint density at radius 2 is 2.18 bits per heavy atom. The lowest BCUT2D eigenvalue weighted by molar-refractivity contribution is -0.119. The Morgan fingerprint density at radius 1 is 1.41 bits per heavy atom. The van der Waals surface area contributed by atoms with Gasteiger partial charge in [-0.15, -0.1) is 11.3 Å². The highest BCUT2D eigenvalue weighted by atomic mass is 32.1. The monoisotopic (exact) mass is 322 g/mol. The molecule has 2 amide bonds. The first kappa shape index (κ1) is 15.0. The summed E-state index contributed by atoms with van der Waals surface area (Å²) in [5.74, 6) is -0.257. The molecule has 3 rings (SSSR count). The van der Waals surface area contributed by atoms with Gasteiger partial charge in [0.15, 0.2) is 0 Å². The van der Waals surface area contributed by atoms with E-state index in [-0.39, 0.29) is 30.4 Å². The van der Waals surface area contributed by atoms with E-state index in [2.05, 4.69) is 10.6 Å². The SMILES string of the molecule is Cc1cc(NC(=O)C2CC2)sc1C(=O)OCC1CCC(=O)N1. The maximum Gasteiger partial charge on any atom is 0.348 e. The van der Waals surface area contributed by atoms with Gasteiger partial charge in [-0.05, 0) is 37.8 Å². The number of ether oxygens (including phenoxy) is 1. The second-order valence-electron chi connectivity index (χ2n) is 5.79. The third kappa shape index (κ3) is 3.47. The molecule has 0 aromatic carbocycles. The van der Waals surface area contributed by atoms with Crippen LogP contribution in [0, 0.1) is 12.8 Å². The zero-order valence-electron chi connectivity index (χ0n) is 12.3. The summed E-state index contributed by atoms with van der Waals surface area (Å²) in [6.45, 7) is 2.00. The van der Waals surface area contributed by atoms with Crippen LogP contribution in [0.1, 0.15) is 40.9 Å². The van der Waals surface area contributed by atoms with Gasteiger partial charge in [0.05, 0.1) is 11.0 Å². The predicted molar refractivity (Wildman–Crippen MR) is 81.9 cm³/mol. The average molecular weight is 322 g/mol. The Labute approximate surface area is 132 Å². The molecular formula is C15H18N2O4S. The molecule has 1 aliphatic carbocycles. The van der Waals surface area contributed by atoms with Crippen molar-refractivity contribution in [3.05, 3.63) is 16.5 Å². The molecule has 22 heavy (non-hydrogen) atoms. The minimum Gasteiger partial charge on any atom is -0.459 e. The summed E-state index contributed by atoms with van der Waals surface area (Å²) in [6, 6.07) is 1.70. The quantitative estimate of drug-likeness (QED) is 0.810. The van der Waals surface area contributed by atoms with E-state index in [0.29, 0.717) is 22.7 Å². The molecule has 6 nitrogen and oxygen atoms in total. The van der Waals surface area contributed by atoms with Crippen molar-refractivity contribution in [2.75, 3.05) is 11.9 Å². The lowest BCUT2D eigenvalue weighted by Crippen LogP contribution is -2.30. The molecule has 2 heterocycles. The van der Waals surface area contributed by atoms with Crippen LogP contribution >= 0.6 is 11.3 Å². The zero-order chi connectivity index (χ0) is 15.7. The van der Waals surface area contributed by atoms with Gasteiger partial charge in [0.1, 0.15) is 11.5 Å². The molecule has 0 bridgehead atoms. The molecule has 0 spiro atoms. The first-order chi connectivity index (χ1) is 10.5. The molecule has 118 valence electrons. The Bertz CT molecular complexity index is 621. The van der Waals surface area contributed by atoms with Crippen LogP contribution in [-0.2, 0) is 14.3 Å². The van der Waals surface area contributed by atoms with Crippen molar-refractivity contribution in [1.29, 1.82) is 0 Å². The smallest absolute Gasteiger partial charge is 0.348 e. The number of hydrogen-bond donors (Lipinski definition) is 2. The van der Waals surface area contributed by atoms with E-state index in [1.807, 2.05) is 6.92 Å². The van der Waals surface area contributed by atoms with Crippen LogP contribution in [-0.4, -0.2) is 30.4 Å². The zero-order valence-corrected chi connectivity index (χ0v) is 13.1. The van der Waals surface area contributed by atoms with Crippen LogP contribution in [0.15, 0.2) is 6.07 Å². The molecule has 1 aliphatic heterocycles. The highest BCUT2D eigenvalue weighted by molar-refractivity contribution is 7.18. The molecule has 1 unspecified atom stereocenters. The summed E-state index contributed by atoms with van der Waals surface area (Å²) < 4.78 is 5.26. The Balaban J connectivity index is 1.56. The van der Waals surface area contributed by atoms with E-state index >= 15 is 0 Å². The molecule has 7 heteroatoms. The molecule has 1 aromatic heterocycles. The number of carbonyl (C=O) groups is 3. The van der Waals surface area contributed by atoms with Gasteiger partial charge in [0.2, 0.25) is 11.8 Å². The number of nitrogens with one attached hydrogen (secondary N) is 2. The first-order valence-corrected chi connectivity index (χ1v) is 8.22. The van der Waals surface area contributed by atoms with Gasteiger partial charge in [-0.2, -0.15) is 0 Å². The minimum absolute atomic E-state index is 0.00146. The molecule has 1 saturated carbocycles. The second-order valence-corrected chi connectivity index (χ2v) is 6.84. The molecule has 1 atom stereocenters. The predicted octanol–water partition coefficient (Wildman–Crippen LogP) is 1.84. The van der Waals surface area contributed by atoms with Crippen molar-refractivity contribution in [2.45, 2.75) is 38.6 Å². The number of esters is 1. The van der Waals surface area contributed by atoms with Crippen LogP contribution in [0.25, 0.3) is 0 Å². The number of carbonyl (C=O) groups excluding carboxylic acids is 3. The third-order valence-corrected chi connectivity index (χ3v) is 4.93. The van der Waals surface area contributed by atoms with Crippen molar-refractivity contribution >= 4 is 34.1 Å². The number of thiophene rings is 1. The van der Waals surface area contributed by atoms with Gasteiger partial charge in [-0.25, -0.2) is 4.79 Å². The largest absolute Gasteiger partial charge is 0.459 e. The third-order valence-electron chi connectivity index (χ3n) is 3.80. The molecule has 1 saturated heterocycles. The molecule has 2 fully saturated rings. The fourth-order valence-electron chi connectivity index (χ4n) is 2.36. The van der Waals surface area contributed by atoms with Crippen molar-refractivity contribution in [3.63, 3.8) is 0 Å². The number of hydrogen-bond acceptors (Lipinski definition) is 5. The Kier molecular flexibility index (Phi) is 4.15. The highest BCUT2D eigenvalue weighted by Crippen LogP contribution is 2.33. The minimum atomic E-state index is -0.407. The normalized spacial score (nSPS) is 20.6. The fraction of sp³-hybridized carbons (Fsp3) is 0.533. The van der Waals surface area contributed by atoms with E-state index in [9.17, 15) is 14.4 Å². The number of aryl methyl sites for hydroxylation is 1. The van der Waals surface area contributed by atoms with Crippen molar-refractivity contribution in [1.82, 2.24) is 5.32 Å². The number of amides is 2. The Morgan fingerprint density at radius 3 is 2.82 bits per heavy atom. The molecule has 2 N–H and O–H groups in total. The van der Waals surface area contributed by atoms with Crippen molar-refractivity contribution in [2.24, 2.45) is 5.92 Å². The van der Waals surface area contributed by atoms with E-state index in [4.69, 9.17) is 4.74 Å². The summed E-state index contributed by atoms with van der Waals surface area (Å²) >= 11 is 1.23. The van der Waals surface area contributed by atoms with Crippen molar-refractivity contribution in [3.8, 4) is 0 Å². The van der Waals surface area contributed by atoms with E-state index in [1.54, 1.807) is 6.07 Å². The first-order valence-electron chi connectivity index (χ1n) is 7.40. The topological polar surface area (TPSA) is 84.5 Å². The standard InChI is InChI=1S/C15H18N2O4S/c1-8-6-12(17-14(19)9-2-3-9)22-13(8)15(20)21-7-10-4-5-11(18)16-10/h6,9-10H,2-5,7H2,1H3,(H,16,18)(H,17,19). The van der Waals surface area contributed by atoms with Crippen LogP contribution in [0.2, 0.25) is 0 Å². The van der Waals surface area contributed by atoms with Gasteiger partial charge in [-0.3, -0.25) is 9.59 Å². The van der Waals surface area contributed by atoms with Crippen LogP contribution in [0.4, 0.5) is 5.00 Å². The second kappa shape index (κ2) is 6.08. The summed E-state index contributed by atoms with van der Waals surface area (Å²) in [5, 5.41) is 6.27. The van der Waals surface area contributed by atoms with Crippen LogP contribution < -0.4 is 10.6 Å². The van der Waals surface area contributed by atoms with Gasteiger partial charge in [0, 0.05) is 12.3 Å². The van der Waals surface area contributed by atoms with Gasteiger partial charge >= 0.3 is 5.97 Å². The fourth-order valence-corrected chi connectivity index (χ4v) is 3.33. The maximum absolute atomic E-state index is 12.1. The summed E-state index contributed by atoms with van der Waals surface area (Å²) in [5.41, 5.74) is 0.788. The Hall–Kier alpha value is -1.89. The van der Waals surface area contributed by atoms with Gasteiger partial charge in [0.25, 0.3) is 0 Å². The lowest BCUT2D eigenvalue weighted by atomic mass is 10.2. The lowest BCUT2D eigenvalue weighted by Gasteiger charge is -2.10. The van der Waals surface area contributed by atoms with Gasteiger partial charge < -0.3 is 15.4 Å². The molecule has 1 aromatic rings. The molecular weight excluding hydrogens is 304 g/mol. The van der Waals surface area contributed by atoms with Crippen molar-refractivity contribution < 1.29 is 19.1 Å². The number of anilines is 1. The van der Waals surface area contributed by atoms with E-state index in [0.717, 1.165) is 18.4 Å². The average Bonchev–Trinajstić information content (AvgIpc) is 3.16. The maximum atomic E-state index is 12.1. The van der Waals surface area contributed by atoms with E-state index < -0.39 is 5.97 Å². The highest BCUT2D eigenvalue weighted by Gasteiger charge is 2.30. The van der Waals surface area contributed by atoms with E-state index in [1.165, 1.54) is 11.3 Å². The summed E-state index contributed by atoms with van der Waals surface area (Å²) in [7, 11) is 0. The number of rotatable bonds is 5. The summed E-state index contributed by atoms with van der Waals surface area (Å²) in [4.78, 5) is 35.4. The molecule has 2 aliphatic rings. The van der Waals surface area contributed by atoms with Gasteiger partial charge in [-0.1, -0.05) is 0 Å². The molecule has 0 radical (unpaired) electrons.